The van der Waals surface area contributed by atoms with E-state index in [4.69, 9.17) is 4.74 Å². The number of aliphatic hydroxyl groups is 2. The van der Waals surface area contributed by atoms with E-state index >= 15 is 0 Å². The summed E-state index contributed by atoms with van der Waals surface area (Å²) in [5.41, 5.74) is 1.46. The first-order valence-corrected chi connectivity index (χ1v) is 9.73. The van der Waals surface area contributed by atoms with Gasteiger partial charge in [0.05, 0.1) is 18.8 Å². The molecule has 0 saturated heterocycles. The molecule has 0 bridgehead atoms. The predicted octanol–water partition coefficient (Wildman–Crippen LogP) is 3.32. The monoisotopic (exact) mass is 391 g/mol. The molecule has 1 fully saturated rings. The number of benzene rings is 2. The van der Waals surface area contributed by atoms with Crippen LogP contribution >= 0.6 is 0 Å². The Labute approximate surface area is 164 Å². The average molecular weight is 391 g/mol. The van der Waals surface area contributed by atoms with Gasteiger partial charge >= 0.3 is 0 Å². The first-order valence-electron chi connectivity index (χ1n) is 9.73. The fraction of sp³-hybridized carbons (Fsp3) is 0.455. The molecule has 0 amide bonds. The summed E-state index contributed by atoms with van der Waals surface area (Å²) < 4.78 is 32.5. The van der Waals surface area contributed by atoms with Gasteiger partial charge in [-0.1, -0.05) is 24.3 Å². The molecular weight excluding hydrogens is 364 g/mol. The number of hydrogen-bond acceptors (Lipinski definition) is 4. The van der Waals surface area contributed by atoms with Crippen LogP contribution in [0.3, 0.4) is 0 Å². The largest absolute Gasteiger partial charge is 0.393 e. The first kappa shape index (κ1) is 20.9. The second-order valence-electron chi connectivity index (χ2n) is 7.38. The number of nitrogens with one attached hydrogen (secondary N) is 1. The number of ether oxygens (including phenoxy) is 1. The van der Waals surface area contributed by atoms with E-state index in [2.05, 4.69) is 5.32 Å². The summed E-state index contributed by atoms with van der Waals surface area (Å²) in [4.78, 5) is 0. The van der Waals surface area contributed by atoms with Gasteiger partial charge in [-0.05, 0) is 61.1 Å². The molecule has 0 aliphatic heterocycles. The van der Waals surface area contributed by atoms with Gasteiger partial charge in [-0.15, -0.1) is 0 Å². The Balaban J connectivity index is 1.58. The van der Waals surface area contributed by atoms with Crippen LogP contribution in [0.1, 0.15) is 42.9 Å². The predicted molar refractivity (Wildman–Crippen MR) is 103 cm³/mol. The standard InChI is InChI=1S/C22H27F2NO3/c23-17-5-1-15(2-6-17)22(16-3-7-18(24)8-4-16)28-14-21(27)13-25-19-9-11-20(26)12-10-19/h1-8,19-22,25-27H,9-14H2. The van der Waals surface area contributed by atoms with E-state index in [1.807, 2.05) is 0 Å². The SMILES string of the molecule is OC1CCC(NCC(O)COC(c2ccc(F)cc2)c2ccc(F)cc2)CC1. The third-order valence-electron chi connectivity index (χ3n) is 5.14. The minimum Gasteiger partial charge on any atom is -0.393 e. The molecule has 28 heavy (non-hydrogen) atoms. The van der Waals surface area contributed by atoms with Gasteiger partial charge in [-0.3, -0.25) is 0 Å². The zero-order valence-electron chi connectivity index (χ0n) is 15.7. The van der Waals surface area contributed by atoms with Gasteiger partial charge in [0, 0.05) is 12.6 Å². The lowest BCUT2D eigenvalue weighted by atomic mass is 9.93. The van der Waals surface area contributed by atoms with Crippen molar-refractivity contribution in [2.75, 3.05) is 13.2 Å². The molecule has 1 unspecified atom stereocenters. The van der Waals surface area contributed by atoms with Crippen LogP contribution in [0.4, 0.5) is 8.78 Å². The maximum absolute atomic E-state index is 13.3. The quantitative estimate of drug-likeness (QED) is 0.646. The van der Waals surface area contributed by atoms with E-state index in [9.17, 15) is 19.0 Å². The molecule has 0 radical (unpaired) electrons. The second kappa shape index (κ2) is 10.1. The van der Waals surface area contributed by atoms with Crippen molar-refractivity contribution in [1.29, 1.82) is 0 Å². The summed E-state index contributed by atoms with van der Waals surface area (Å²) in [6, 6.07) is 12.2. The highest BCUT2D eigenvalue weighted by atomic mass is 19.1. The van der Waals surface area contributed by atoms with Crippen molar-refractivity contribution >= 4 is 0 Å². The van der Waals surface area contributed by atoms with Crippen molar-refractivity contribution in [2.45, 2.75) is 50.0 Å². The summed E-state index contributed by atoms with van der Waals surface area (Å²) in [6.45, 7) is 0.474. The molecule has 2 aromatic carbocycles. The molecule has 3 N–H and O–H groups in total. The van der Waals surface area contributed by atoms with Gasteiger partial charge in [0.2, 0.25) is 0 Å². The second-order valence-corrected chi connectivity index (χ2v) is 7.38. The van der Waals surface area contributed by atoms with E-state index in [0.29, 0.717) is 12.6 Å². The van der Waals surface area contributed by atoms with Crippen molar-refractivity contribution in [2.24, 2.45) is 0 Å². The Bertz CT molecular complexity index is 670. The maximum Gasteiger partial charge on any atom is 0.123 e. The Morgan fingerprint density at radius 1 is 0.893 bits per heavy atom. The molecule has 1 aliphatic rings. The molecular formula is C22H27F2NO3. The fourth-order valence-corrected chi connectivity index (χ4v) is 3.51. The number of aliphatic hydroxyl groups excluding tert-OH is 2. The van der Waals surface area contributed by atoms with Crippen molar-refractivity contribution in [3.05, 3.63) is 71.3 Å². The Hall–Kier alpha value is -1.86. The highest BCUT2D eigenvalue weighted by molar-refractivity contribution is 5.30. The summed E-state index contributed by atoms with van der Waals surface area (Å²) in [5.74, 6) is -0.688. The first-order chi connectivity index (χ1) is 13.5. The smallest absolute Gasteiger partial charge is 0.123 e. The van der Waals surface area contributed by atoms with Gasteiger partial charge in [0.1, 0.15) is 17.7 Å². The van der Waals surface area contributed by atoms with E-state index in [1.165, 1.54) is 24.3 Å². The van der Waals surface area contributed by atoms with Crippen LogP contribution in [0.2, 0.25) is 0 Å². The van der Waals surface area contributed by atoms with E-state index in [-0.39, 0.29) is 24.3 Å². The van der Waals surface area contributed by atoms with Crippen LogP contribution in [0.25, 0.3) is 0 Å². The number of halogens is 2. The lowest BCUT2D eigenvalue weighted by Gasteiger charge is -2.27. The molecule has 1 atom stereocenters. The van der Waals surface area contributed by atoms with Gasteiger partial charge < -0.3 is 20.3 Å². The van der Waals surface area contributed by atoms with Crippen LogP contribution in [0.15, 0.2) is 48.5 Å². The fourth-order valence-electron chi connectivity index (χ4n) is 3.51. The Kier molecular flexibility index (Phi) is 7.50. The third-order valence-corrected chi connectivity index (χ3v) is 5.14. The van der Waals surface area contributed by atoms with Gasteiger partial charge in [0.25, 0.3) is 0 Å². The summed E-state index contributed by atoms with van der Waals surface area (Å²) in [5, 5.41) is 23.2. The molecule has 0 heterocycles. The van der Waals surface area contributed by atoms with E-state index in [0.717, 1.165) is 36.8 Å². The van der Waals surface area contributed by atoms with E-state index in [1.54, 1.807) is 24.3 Å². The Morgan fingerprint density at radius 3 is 1.89 bits per heavy atom. The lowest BCUT2D eigenvalue weighted by Crippen LogP contribution is -2.40. The topological polar surface area (TPSA) is 61.7 Å². The molecule has 4 nitrogen and oxygen atoms in total. The maximum atomic E-state index is 13.3. The van der Waals surface area contributed by atoms with Gasteiger partial charge in [-0.2, -0.15) is 0 Å². The summed E-state index contributed by atoms with van der Waals surface area (Å²) >= 11 is 0. The summed E-state index contributed by atoms with van der Waals surface area (Å²) in [6.07, 6.45) is 1.89. The van der Waals surface area contributed by atoms with Gasteiger partial charge in [0.15, 0.2) is 0 Å². The van der Waals surface area contributed by atoms with Crippen LogP contribution < -0.4 is 5.32 Å². The highest BCUT2D eigenvalue weighted by Gasteiger charge is 2.21. The average Bonchev–Trinajstić information content (AvgIpc) is 2.70. The van der Waals surface area contributed by atoms with Crippen molar-refractivity contribution < 1.29 is 23.7 Å². The zero-order chi connectivity index (χ0) is 19.9. The van der Waals surface area contributed by atoms with Crippen molar-refractivity contribution in [3.63, 3.8) is 0 Å². The molecule has 3 rings (SSSR count). The normalized spacial score (nSPS) is 21.0. The zero-order valence-corrected chi connectivity index (χ0v) is 15.7. The molecule has 0 aromatic heterocycles. The number of rotatable bonds is 8. The molecule has 2 aromatic rings. The lowest BCUT2D eigenvalue weighted by molar-refractivity contribution is 0.00444. The molecule has 6 heteroatoms. The molecule has 1 aliphatic carbocycles. The third kappa shape index (κ3) is 6.07. The molecule has 1 saturated carbocycles. The highest BCUT2D eigenvalue weighted by Crippen LogP contribution is 2.27. The number of hydrogen-bond donors (Lipinski definition) is 3. The van der Waals surface area contributed by atoms with Gasteiger partial charge in [-0.25, -0.2) is 8.78 Å². The van der Waals surface area contributed by atoms with Crippen LogP contribution in [0, 0.1) is 11.6 Å². The van der Waals surface area contributed by atoms with Crippen LogP contribution in [-0.4, -0.2) is 41.6 Å². The minimum absolute atomic E-state index is 0.0851. The van der Waals surface area contributed by atoms with Crippen molar-refractivity contribution in [1.82, 2.24) is 5.32 Å². The molecule has 152 valence electrons. The van der Waals surface area contributed by atoms with Crippen LogP contribution in [0.5, 0.6) is 0 Å². The summed E-state index contributed by atoms with van der Waals surface area (Å²) in [7, 11) is 0. The Morgan fingerprint density at radius 2 is 1.39 bits per heavy atom. The van der Waals surface area contributed by atoms with Crippen molar-refractivity contribution in [3.8, 4) is 0 Å². The van der Waals surface area contributed by atoms with E-state index < -0.39 is 12.2 Å². The minimum atomic E-state index is -0.713. The van der Waals surface area contributed by atoms with Crippen LogP contribution in [-0.2, 0) is 4.74 Å². The molecule has 0 spiro atoms.